The molecule has 0 saturated carbocycles. The van der Waals surface area contributed by atoms with Crippen molar-refractivity contribution in [3.05, 3.63) is 52.8 Å². The molecule has 0 spiro atoms. The predicted octanol–water partition coefficient (Wildman–Crippen LogP) is 2.61. The molecule has 1 amide bonds. The molecule has 2 aromatic rings. The Balaban J connectivity index is 2.44. The molecule has 0 bridgehead atoms. The molecule has 2 rings (SSSR count). The first-order chi connectivity index (χ1) is 7.66. The van der Waals surface area contributed by atoms with Crippen molar-refractivity contribution in [1.29, 1.82) is 0 Å². The van der Waals surface area contributed by atoms with Gasteiger partial charge in [0.1, 0.15) is 5.69 Å². The molecule has 0 atom stereocenters. The highest BCUT2D eigenvalue weighted by atomic mass is 79.9. The average molecular weight is 277 g/mol. The average Bonchev–Trinajstić information content (AvgIpc) is 2.30. The second-order valence-electron chi connectivity index (χ2n) is 3.30. The van der Waals surface area contributed by atoms with Crippen LogP contribution in [0.1, 0.15) is 10.5 Å². The number of hydrogen-bond acceptors (Lipinski definition) is 2. The maximum absolute atomic E-state index is 11.0. The molecule has 4 heteroatoms. The van der Waals surface area contributed by atoms with Crippen molar-refractivity contribution in [2.45, 2.75) is 0 Å². The molecule has 2 N–H and O–H groups in total. The maximum Gasteiger partial charge on any atom is 0.267 e. The Labute approximate surface area is 101 Å². The van der Waals surface area contributed by atoms with Gasteiger partial charge in [-0.3, -0.25) is 9.78 Å². The third-order valence-corrected chi connectivity index (χ3v) is 2.72. The highest BCUT2D eigenvalue weighted by molar-refractivity contribution is 9.10. The number of pyridine rings is 1. The van der Waals surface area contributed by atoms with Gasteiger partial charge in [0.25, 0.3) is 5.91 Å². The lowest BCUT2D eigenvalue weighted by molar-refractivity contribution is 0.0995. The largest absolute Gasteiger partial charge is 0.364 e. The van der Waals surface area contributed by atoms with E-state index in [9.17, 15) is 4.79 Å². The van der Waals surface area contributed by atoms with Crippen molar-refractivity contribution in [2.75, 3.05) is 0 Å². The van der Waals surface area contributed by atoms with Gasteiger partial charge >= 0.3 is 0 Å². The zero-order valence-corrected chi connectivity index (χ0v) is 9.94. The summed E-state index contributed by atoms with van der Waals surface area (Å²) in [5.41, 5.74) is 7.40. The Morgan fingerprint density at radius 3 is 2.44 bits per heavy atom. The Morgan fingerprint density at radius 2 is 1.81 bits per heavy atom. The van der Waals surface area contributed by atoms with Crippen LogP contribution in [-0.2, 0) is 0 Å². The number of carbonyl (C=O) groups is 1. The first-order valence-electron chi connectivity index (χ1n) is 4.68. The molecule has 0 saturated heterocycles. The number of aromatic nitrogens is 1. The van der Waals surface area contributed by atoms with Crippen LogP contribution in [0.2, 0.25) is 0 Å². The van der Waals surface area contributed by atoms with Gasteiger partial charge in [0.15, 0.2) is 0 Å². The quantitative estimate of drug-likeness (QED) is 0.917. The monoisotopic (exact) mass is 276 g/mol. The van der Waals surface area contributed by atoms with E-state index in [1.807, 2.05) is 30.3 Å². The topological polar surface area (TPSA) is 56.0 Å². The summed E-state index contributed by atoms with van der Waals surface area (Å²) < 4.78 is 1.01. The van der Waals surface area contributed by atoms with Crippen molar-refractivity contribution in [3.63, 3.8) is 0 Å². The summed E-state index contributed by atoms with van der Waals surface area (Å²) in [6.07, 6.45) is 1.58. The van der Waals surface area contributed by atoms with Gasteiger partial charge in [-0.1, -0.05) is 28.1 Å². The second kappa shape index (κ2) is 4.45. The van der Waals surface area contributed by atoms with E-state index in [0.29, 0.717) is 0 Å². The van der Waals surface area contributed by atoms with Crippen molar-refractivity contribution in [1.82, 2.24) is 4.98 Å². The molecule has 1 heterocycles. The van der Waals surface area contributed by atoms with Gasteiger partial charge in [-0.2, -0.15) is 0 Å². The summed E-state index contributed by atoms with van der Waals surface area (Å²) in [6, 6.07) is 11.3. The van der Waals surface area contributed by atoms with Crippen LogP contribution in [0, 0.1) is 0 Å². The van der Waals surface area contributed by atoms with Crippen LogP contribution in [0.25, 0.3) is 11.1 Å². The van der Waals surface area contributed by atoms with Crippen molar-refractivity contribution in [3.8, 4) is 11.1 Å². The van der Waals surface area contributed by atoms with Crippen LogP contribution in [0.15, 0.2) is 47.1 Å². The van der Waals surface area contributed by atoms with Crippen LogP contribution in [0.3, 0.4) is 0 Å². The van der Waals surface area contributed by atoms with E-state index in [0.717, 1.165) is 15.6 Å². The lowest BCUT2D eigenvalue weighted by Crippen LogP contribution is -2.12. The zero-order chi connectivity index (χ0) is 11.5. The Bertz CT molecular complexity index is 523. The van der Waals surface area contributed by atoms with Gasteiger partial charge in [0.05, 0.1) is 0 Å². The predicted molar refractivity (Wildman–Crippen MR) is 65.9 cm³/mol. The van der Waals surface area contributed by atoms with E-state index in [2.05, 4.69) is 20.9 Å². The van der Waals surface area contributed by atoms with Crippen LogP contribution in [0.5, 0.6) is 0 Å². The molecule has 80 valence electrons. The first kappa shape index (κ1) is 10.8. The number of halogens is 1. The van der Waals surface area contributed by atoms with Crippen molar-refractivity contribution < 1.29 is 4.79 Å². The molecule has 3 nitrogen and oxygen atoms in total. The molecule has 0 aliphatic rings. The maximum atomic E-state index is 11.0. The fourth-order valence-corrected chi connectivity index (χ4v) is 1.65. The Kier molecular flexibility index (Phi) is 3.01. The number of primary amides is 1. The van der Waals surface area contributed by atoms with E-state index in [-0.39, 0.29) is 5.69 Å². The van der Waals surface area contributed by atoms with Gasteiger partial charge in [0, 0.05) is 10.7 Å². The van der Waals surface area contributed by atoms with Crippen LogP contribution in [0.4, 0.5) is 0 Å². The summed E-state index contributed by atoms with van der Waals surface area (Å²) in [5.74, 6) is -0.515. The van der Waals surface area contributed by atoms with E-state index < -0.39 is 5.91 Å². The minimum atomic E-state index is -0.515. The summed E-state index contributed by atoms with van der Waals surface area (Å²) in [6.45, 7) is 0. The van der Waals surface area contributed by atoms with Gasteiger partial charge in [-0.05, 0) is 35.4 Å². The summed E-state index contributed by atoms with van der Waals surface area (Å²) in [5, 5.41) is 0. The van der Waals surface area contributed by atoms with Crippen LogP contribution in [-0.4, -0.2) is 10.9 Å². The Hall–Kier alpha value is -1.68. The number of benzene rings is 1. The highest BCUT2D eigenvalue weighted by Crippen LogP contribution is 2.21. The summed E-state index contributed by atoms with van der Waals surface area (Å²) in [7, 11) is 0. The zero-order valence-electron chi connectivity index (χ0n) is 8.35. The third-order valence-electron chi connectivity index (χ3n) is 2.19. The van der Waals surface area contributed by atoms with E-state index in [1.165, 1.54) is 0 Å². The van der Waals surface area contributed by atoms with E-state index >= 15 is 0 Å². The lowest BCUT2D eigenvalue weighted by Gasteiger charge is -2.02. The standard InChI is InChI=1S/C12H9BrN2O/c13-10-3-1-8(2-4-10)9-5-6-15-11(7-9)12(14)16/h1-7H,(H2,14,16). The molecule has 0 aliphatic carbocycles. The molecule has 16 heavy (non-hydrogen) atoms. The van der Waals surface area contributed by atoms with Gasteiger partial charge in [-0.25, -0.2) is 0 Å². The molecule has 0 aliphatic heterocycles. The molecule has 0 fully saturated rings. The van der Waals surface area contributed by atoms with Crippen molar-refractivity contribution in [2.24, 2.45) is 5.73 Å². The highest BCUT2D eigenvalue weighted by Gasteiger charge is 2.04. The van der Waals surface area contributed by atoms with Crippen molar-refractivity contribution >= 4 is 21.8 Å². The second-order valence-corrected chi connectivity index (χ2v) is 4.22. The minimum Gasteiger partial charge on any atom is -0.364 e. The summed E-state index contributed by atoms with van der Waals surface area (Å²) in [4.78, 5) is 14.9. The molecular formula is C12H9BrN2O. The molecule has 1 aromatic carbocycles. The summed E-state index contributed by atoms with van der Waals surface area (Å²) >= 11 is 3.37. The molecule has 1 aromatic heterocycles. The molecule has 0 radical (unpaired) electrons. The number of amides is 1. The van der Waals surface area contributed by atoms with E-state index in [4.69, 9.17) is 5.73 Å². The number of carbonyl (C=O) groups excluding carboxylic acids is 1. The number of nitrogens with zero attached hydrogens (tertiary/aromatic N) is 1. The smallest absolute Gasteiger partial charge is 0.267 e. The Morgan fingerprint density at radius 1 is 1.12 bits per heavy atom. The first-order valence-corrected chi connectivity index (χ1v) is 5.48. The van der Waals surface area contributed by atoms with Crippen LogP contribution >= 0.6 is 15.9 Å². The van der Waals surface area contributed by atoms with Crippen LogP contribution < -0.4 is 5.73 Å². The lowest BCUT2D eigenvalue weighted by atomic mass is 10.1. The fraction of sp³-hybridized carbons (Fsp3) is 0. The van der Waals surface area contributed by atoms with E-state index in [1.54, 1.807) is 12.3 Å². The SMILES string of the molecule is NC(=O)c1cc(-c2ccc(Br)cc2)ccn1. The molecular weight excluding hydrogens is 268 g/mol. The van der Waals surface area contributed by atoms with Gasteiger partial charge in [0.2, 0.25) is 0 Å². The minimum absolute atomic E-state index is 0.278. The fourth-order valence-electron chi connectivity index (χ4n) is 1.39. The number of nitrogens with two attached hydrogens (primary N) is 1. The van der Waals surface area contributed by atoms with Gasteiger partial charge < -0.3 is 5.73 Å². The number of hydrogen-bond donors (Lipinski definition) is 1. The normalized spacial score (nSPS) is 10.1. The number of rotatable bonds is 2. The van der Waals surface area contributed by atoms with Gasteiger partial charge in [-0.15, -0.1) is 0 Å². The molecule has 0 unspecified atom stereocenters. The third kappa shape index (κ3) is 2.28.